The van der Waals surface area contributed by atoms with Gasteiger partial charge in [0.05, 0.1) is 0 Å². The maximum Gasteiger partial charge on any atom is 0.254 e. The van der Waals surface area contributed by atoms with Crippen molar-refractivity contribution in [2.24, 2.45) is 0 Å². The van der Waals surface area contributed by atoms with Crippen molar-refractivity contribution in [3.8, 4) is 0 Å². The molecule has 1 heterocycles. The summed E-state index contributed by atoms with van der Waals surface area (Å²) in [5.74, 6) is -0.0170. The van der Waals surface area contributed by atoms with Crippen LogP contribution in [0, 0.1) is 0 Å². The van der Waals surface area contributed by atoms with Crippen LogP contribution in [0.25, 0.3) is 0 Å². The van der Waals surface area contributed by atoms with Gasteiger partial charge in [-0.2, -0.15) is 0 Å². The summed E-state index contributed by atoms with van der Waals surface area (Å²) in [6, 6.07) is 6.93. The molecule has 98 valence electrons. The van der Waals surface area contributed by atoms with Gasteiger partial charge in [0, 0.05) is 38.6 Å². The molecule has 1 aliphatic rings. The smallest absolute Gasteiger partial charge is 0.254 e. The number of rotatable bonds is 3. The molecule has 2 atom stereocenters. The van der Waals surface area contributed by atoms with Crippen LogP contribution >= 0.6 is 0 Å². The number of amides is 1. The van der Waals surface area contributed by atoms with Gasteiger partial charge < -0.3 is 20.1 Å². The highest BCUT2D eigenvalue weighted by atomic mass is 16.5. The monoisotopic (exact) mass is 250 g/mol. The third-order valence-electron chi connectivity index (χ3n) is 3.27. The molecule has 1 aromatic carbocycles. The lowest BCUT2D eigenvalue weighted by Gasteiger charge is -2.15. The second-order valence-corrected chi connectivity index (χ2v) is 4.38. The number of hydrogen-bond acceptors (Lipinski definition) is 4. The maximum absolute atomic E-state index is 12.3. The van der Waals surface area contributed by atoms with Crippen LogP contribution in [0.15, 0.2) is 24.3 Å². The predicted octanol–water partition coefficient (Wildman–Crippen LogP) is 0.755. The molecule has 1 aliphatic heterocycles. The first-order valence-electron chi connectivity index (χ1n) is 5.86. The molecule has 5 nitrogen and oxygen atoms in total. The van der Waals surface area contributed by atoms with Gasteiger partial charge in [0.25, 0.3) is 5.91 Å². The zero-order chi connectivity index (χ0) is 13.1. The number of nitrogens with two attached hydrogens (primary N) is 1. The average Bonchev–Trinajstić information content (AvgIpc) is 2.82. The molecule has 5 heteroatoms. The Labute approximate surface area is 106 Å². The van der Waals surface area contributed by atoms with E-state index in [2.05, 4.69) is 0 Å². The second-order valence-electron chi connectivity index (χ2n) is 4.38. The van der Waals surface area contributed by atoms with Gasteiger partial charge in [-0.25, -0.2) is 0 Å². The van der Waals surface area contributed by atoms with Crippen LogP contribution in [-0.2, 0) is 9.47 Å². The highest BCUT2D eigenvalue weighted by molar-refractivity contribution is 5.94. The van der Waals surface area contributed by atoms with Crippen molar-refractivity contribution in [1.29, 1.82) is 0 Å². The quantitative estimate of drug-likeness (QED) is 0.804. The molecule has 1 aromatic rings. The average molecular weight is 250 g/mol. The third kappa shape index (κ3) is 2.47. The Balaban J connectivity index is 2.09. The first-order valence-corrected chi connectivity index (χ1v) is 5.86. The van der Waals surface area contributed by atoms with E-state index in [0.29, 0.717) is 24.3 Å². The molecule has 2 rings (SSSR count). The highest BCUT2D eigenvalue weighted by Gasteiger charge is 2.35. The number of hydrogen-bond donors (Lipinski definition) is 1. The Morgan fingerprint density at radius 2 is 1.67 bits per heavy atom. The van der Waals surface area contributed by atoms with Crippen molar-refractivity contribution in [2.75, 3.05) is 33.0 Å². The lowest BCUT2D eigenvalue weighted by molar-refractivity contribution is -0.00461. The van der Waals surface area contributed by atoms with Gasteiger partial charge >= 0.3 is 0 Å². The third-order valence-corrected chi connectivity index (χ3v) is 3.27. The van der Waals surface area contributed by atoms with E-state index in [1.165, 1.54) is 0 Å². The van der Waals surface area contributed by atoms with Gasteiger partial charge in [0.15, 0.2) is 0 Å². The normalized spacial score (nSPS) is 23.3. The molecular formula is C13H18N2O3. The summed E-state index contributed by atoms with van der Waals surface area (Å²) in [5.41, 5.74) is 6.89. The fourth-order valence-electron chi connectivity index (χ4n) is 2.17. The molecule has 0 bridgehead atoms. The molecule has 1 fully saturated rings. The van der Waals surface area contributed by atoms with Gasteiger partial charge in [0.1, 0.15) is 12.2 Å². The van der Waals surface area contributed by atoms with E-state index in [9.17, 15) is 4.79 Å². The molecule has 2 N–H and O–H groups in total. The maximum atomic E-state index is 12.3. The van der Waals surface area contributed by atoms with Crippen LogP contribution in [0.5, 0.6) is 0 Å². The van der Waals surface area contributed by atoms with E-state index >= 15 is 0 Å². The SMILES string of the molecule is COC1CN(C(=O)c2ccc(N)cc2)CC1OC. The zero-order valence-corrected chi connectivity index (χ0v) is 10.6. The molecule has 0 aliphatic carbocycles. The van der Waals surface area contributed by atoms with E-state index in [1.54, 1.807) is 43.4 Å². The van der Waals surface area contributed by atoms with Crippen molar-refractivity contribution >= 4 is 11.6 Å². The minimum absolute atomic E-state index is 0.0170. The molecule has 0 spiro atoms. The van der Waals surface area contributed by atoms with Crippen LogP contribution in [0.4, 0.5) is 5.69 Å². The summed E-state index contributed by atoms with van der Waals surface area (Å²) in [7, 11) is 3.27. The molecule has 0 radical (unpaired) electrons. The minimum Gasteiger partial charge on any atom is -0.399 e. The van der Waals surface area contributed by atoms with Crippen LogP contribution in [0.2, 0.25) is 0 Å². The molecule has 2 unspecified atom stereocenters. The van der Waals surface area contributed by atoms with Crippen molar-refractivity contribution in [2.45, 2.75) is 12.2 Å². The van der Waals surface area contributed by atoms with Crippen LogP contribution in [0.1, 0.15) is 10.4 Å². The summed E-state index contributed by atoms with van der Waals surface area (Å²) in [6.07, 6.45) is -0.125. The number of benzene rings is 1. The van der Waals surface area contributed by atoms with Crippen LogP contribution in [0.3, 0.4) is 0 Å². The highest BCUT2D eigenvalue weighted by Crippen LogP contribution is 2.18. The van der Waals surface area contributed by atoms with E-state index in [1.807, 2.05) is 0 Å². The standard InChI is InChI=1S/C13H18N2O3/c1-17-11-7-15(8-12(11)18-2)13(16)9-3-5-10(14)6-4-9/h3-6,11-12H,7-8,14H2,1-2H3. The van der Waals surface area contributed by atoms with E-state index in [-0.39, 0.29) is 18.1 Å². The first kappa shape index (κ1) is 12.9. The number of methoxy groups -OCH3 is 2. The van der Waals surface area contributed by atoms with Crippen LogP contribution < -0.4 is 5.73 Å². The summed E-state index contributed by atoms with van der Waals surface area (Å²) in [5, 5.41) is 0. The van der Waals surface area contributed by atoms with E-state index in [0.717, 1.165) is 0 Å². The number of nitrogen functional groups attached to an aromatic ring is 1. The molecule has 0 aromatic heterocycles. The number of likely N-dealkylation sites (tertiary alicyclic amines) is 1. The number of nitrogens with zero attached hydrogens (tertiary/aromatic N) is 1. The number of anilines is 1. The second kappa shape index (κ2) is 5.37. The first-order chi connectivity index (χ1) is 8.65. The number of ether oxygens (including phenoxy) is 2. The van der Waals surface area contributed by atoms with Crippen molar-refractivity contribution in [3.63, 3.8) is 0 Å². The largest absolute Gasteiger partial charge is 0.399 e. The Bertz CT molecular complexity index is 407. The molecule has 1 amide bonds. The Hall–Kier alpha value is -1.59. The summed E-state index contributed by atoms with van der Waals surface area (Å²) < 4.78 is 10.6. The lowest BCUT2D eigenvalue weighted by Crippen LogP contribution is -2.30. The molecule has 18 heavy (non-hydrogen) atoms. The van der Waals surface area contributed by atoms with E-state index in [4.69, 9.17) is 15.2 Å². The van der Waals surface area contributed by atoms with Crippen molar-refractivity contribution in [1.82, 2.24) is 4.90 Å². The lowest BCUT2D eigenvalue weighted by atomic mass is 10.2. The summed E-state index contributed by atoms with van der Waals surface area (Å²) in [6.45, 7) is 1.11. The number of carbonyl (C=O) groups excluding carboxylic acids is 1. The van der Waals surface area contributed by atoms with Gasteiger partial charge in [-0.1, -0.05) is 0 Å². The molecule has 1 saturated heterocycles. The fourth-order valence-corrected chi connectivity index (χ4v) is 2.17. The Kier molecular flexibility index (Phi) is 3.84. The minimum atomic E-state index is -0.0623. The van der Waals surface area contributed by atoms with Crippen LogP contribution in [-0.4, -0.2) is 50.3 Å². The van der Waals surface area contributed by atoms with Crippen molar-refractivity contribution < 1.29 is 14.3 Å². The van der Waals surface area contributed by atoms with E-state index < -0.39 is 0 Å². The predicted molar refractivity (Wildman–Crippen MR) is 68.4 cm³/mol. The summed E-state index contributed by atoms with van der Waals surface area (Å²) in [4.78, 5) is 14.0. The number of carbonyl (C=O) groups is 1. The Morgan fingerprint density at radius 1 is 1.17 bits per heavy atom. The topological polar surface area (TPSA) is 64.8 Å². The fraction of sp³-hybridized carbons (Fsp3) is 0.462. The Morgan fingerprint density at radius 3 is 2.11 bits per heavy atom. The van der Waals surface area contributed by atoms with Gasteiger partial charge in [-0.05, 0) is 24.3 Å². The molecular weight excluding hydrogens is 232 g/mol. The molecule has 0 saturated carbocycles. The van der Waals surface area contributed by atoms with Crippen molar-refractivity contribution in [3.05, 3.63) is 29.8 Å². The zero-order valence-electron chi connectivity index (χ0n) is 10.6. The van der Waals surface area contributed by atoms with Gasteiger partial charge in [-0.3, -0.25) is 4.79 Å². The van der Waals surface area contributed by atoms with Gasteiger partial charge in [0.2, 0.25) is 0 Å². The summed E-state index contributed by atoms with van der Waals surface area (Å²) >= 11 is 0. The van der Waals surface area contributed by atoms with Gasteiger partial charge in [-0.15, -0.1) is 0 Å².